The van der Waals surface area contributed by atoms with Crippen molar-refractivity contribution in [2.24, 2.45) is 0 Å². The molecule has 2 aromatic heterocycles. The molecule has 19 heavy (non-hydrogen) atoms. The number of fused-ring (bicyclic) bond motifs is 1. The minimum Gasteiger partial charge on any atom is -0.438 e. The van der Waals surface area contributed by atoms with E-state index in [4.69, 9.17) is 4.74 Å². The Morgan fingerprint density at radius 1 is 1.26 bits per heavy atom. The van der Waals surface area contributed by atoms with Gasteiger partial charge in [0.05, 0.1) is 5.39 Å². The third-order valence-corrected chi connectivity index (χ3v) is 3.54. The molecular weight excluding hydrogens is 258 g/mol. The molecule has 0 unspecified atom stereocenters. The first-order chi connectivity index (χ1) is 9.36. The van der Waals surface area contributed by atoms with Crippen LogP contribution in [0.4, 0.5) is 0 Å². The number of hydrogen-bond acceptors (Lipinski definition) is 5. The average molecular weight is 271 g/mol. The molecule has 0 amide bonds. The Balaban J connectivity index is 1.92. The number of nitrogens with one attached hydrogen (secondary N) is 1. The van der Waals surface area contributed by atoms with E-state index in [1.54, 1.807) is 11.3 Å². The lowest BCUT2D eigenvalue weighted by Crippen LogP contribution is -2.04. The van der Waals surface area contributed by atoms with E-state index in [1.165, 1.54) is 11.9 Å². The van der Waals surface area contributed by atoms with Crippen molar-refractivity contribution >= 4 is 21.6 Å². The van der Waals surface area contributed by atoms with Gasteiger partial charge >= 0.3 is 0 Å². The zero-order valence-corrected chi connectivity index (χ0v) is 11.3. The summed E-state index contributed by atoms with van der Waals surface area (Å²) < 4.78 is 5.86. The van der Waals surface area contributed by atoms with Gasteiger partial charge in [-0.2, -0.15) is 0 Å². The number of aromatic nitrogens is 2. The lowest BCUT2D eigenvalue weighted by Gasteiger charge is -2.07. The van der Waals surface area contributed by atoms with Gasteiger partial charge in [0.25, 0.3) is 0 Å². The average Bonchev–Trinajstić information content (AvgIpc) is 2.89. The van der Waals surface area contributed by atoms with Crippen LogP contribution in [-0.4, -0.2) is 17.0 Å². The molecule has 0 aliphatic heterocycles. The normalized spacial score (nSPS) is 10.8. The van der Waals surface area contributed by atoms with Crippen LogP contribution in [0.15, 0.2) is 42.0 Å². The number of thiophene rings is 1. The van der Waals surface area contributed by atoms with E-state index < -0.39 is 0 Å². The first-order valence-corrected chi connectivity index (χ1v) is 6.84. The molecule has 0 aliphatic carbocycles. The van der Waals surface area contributed by atoms with Crippen molar-refractivity contribution in [3.8, 4) is 11.6 Å². The fourth-order valence-electron chi connectivity index (χ4n) is 1.88. The topological polar surface area (TPSA) is 47.0 Å². The van der Waals surface area contributed by atoms with Crippen molar-refractivity contribution in [1.29, 1.82) is 0 Å². The summed E-state index contributed by atoms with van der Waals surface area (Å²) in [6.07, 6.45) is 1.53. The van der Waals surface area contributed by atoms with Gasteiger partial charge in [0.2, 0.25) is 5.88 Å². The van der Waals surface area contributed by atoms with E-state index in [1.807, 2.05) is 36.7 Å². The minimum absolute atomic E-state index is 0.604. The Morgan fingerprint density at radius 2 is 2.21 bits per heavy atom. The molecule has 0 aliphatic rings. The molecule has 0 spiro atoms. The van der Waals surface area contributed by atoms with Gasteiger partial charge in [-0.25, -0.2) is 9.97 Å². The molecule has 4 nitrogen and oxygen atoms in total. The largest absolute Gasteiger partial charge is 0.438 e. The van der Waals surface area contributed by atoms with Crippen LogP contribution in [0.1, 0.15) is 5.56 Å². The van der Waals surface area contributed by atoms with Gasteiger partial charge in [-0.1, -0.05) is 12.1 Å². The summed E-state index contributed by atoms with van der Waals surface area (Å²) in [4.78, 5) is 9.36. The van der Waals surface area contributed by atoms with E-state index in [9.17, 15) is 0 Å². The first-order valence-electron chi connectivity index (χ1n) is 5.96. The van der Waals surface area contributed by atoms with Crippen molar-refractivity contribution in [1.82, 2.24) is 15.3 Å². The van der Waals surface area contributed by atoms with Gasteiger partial charge < -0.3 is 10.1 Å². The lowest BCUT2D eigenvalue weighted by molar-refractivity contribution is 0.467. The molecular formula is C14H13N3OS. The Bertz CT molecular complexity index is 696. The summed E-state index contributed by atoms with van der Waals surface area (Å²) >= 11 is 1.58. The van der Waals surface area contributed by atoms with Crippen molar-refractivity contribution in [2.75, 3.05) is 7.05 Å². The summed E-state index contributed by atoms with van der Waals surface area (Å²) in [5.74, 6) is 1.40. The minimum atomic E-state index is 0.604. The zero-order chi connectivity index (χ0) is 13.1. The highest BCUT2D eigenvalue weighted by atomic mass is 32.1. The van der Waals surface area contributed by atoms with Gasteiger partial charge in [-0.05, 0) is 36.2 Å². The van der Waals surface area contributed by atoms with Crippen LogP contribution in [0.3, 0.4) is 0 Å². The Morgan fingerprint density at radius 3 is 3.11 bits per heavy atom. The van der Waals surface area contributed by atoms with E-state index in [2.05, 4.69) is 21.4 Å². The molecule has 3 rings (SSSR count). The predicted octanol–water partition coefficient (Wildman–Crippen LogP) is 3.20. The van der Waals surface area contributed by atoms with E-state index in [-0.39, 0.29) is 0 Å². The molecule has 3 aromatic rings. The summed E-state index contributed by atoms with van der Waals surface area (Å²) in [5.41, 5.74) is 1.18. The van der Waals surface area contributed by atoms with E-state index in [0.717, 1.165) is 22.5 Å². The van der Waals surface area contributed by atoms with Gasteiger partial charge in [-0.3, -0.25) is 0 Å². The molecule has 0 saturated carbocycles. The highest BCUT2D eigenvalue weighted by Gasteiger charge is 2.07. The second-order valence-electron chi connectivity index (χ2n) is 4.10. The number of ether oxygens (including phenoxy) is 1. The van der Waals surface area contributed by atoms with E-state index in [0.29, 0.717) is 5.88 Å². The van der Waals surface area contributed by atoms with Crippen LogP contribution in [0.25, 0.3) is 10.2 Å². The Kier molecular flexibility index (Phi) is 3.39. The molecule has 1 N–H and O–H groups in total. The fourth-order valence-corrected chi connectivity index (χ4v) is 2.61. The fraction of sp³-hybridized carbons (Fsp3) is 0.143. The van der Waals surface area contributed by atoms with Crippen LogP contribution in [0, 0.1) is 0 Å². The molecule has 0 bridgehead atoms. The Hall–Kier alpha value is -1.98. The quantitative estimate of drug-likeness (QED) is 0.791. The van der Waals surface area contributed by atoms with Gasteiger partial charge in [0, 0.05) is 6.54 Å². The maximum atomic E-state index is 5.86. The number of hydrogen-bond donors (Lipinski definition) is 1. The second kappa shape index (κ2) is 5.34. The van der Waals surface area contributed by atoms with Gasteiger partial charge in [0.1, 0.15) is 16.9 Å². The van der Waals surface area contributed by atoms with Crippen LogP contribution in [0.5, 0.6) is 11.6 Å². The Labute approximate surface area is 115 Å². The molecule has 0 radical (unpaired) electrons. The smallest absolute Gasteiger partial charge is 0.231 e. The second-order valence-corrected chi connectivity index (χ2v) is 4.99. The zero-order valence-electron chi connectivity index (χ0n) is 10.5. The third-order valence-electron chi connectivity index (χ3n) is 2.72. The highest BCUT2D eigenvalue weighted by Crippen LogP contribution is 2.29. The highest BCUT2D eigenvalue weighted by molar-refractivity contribution is 7.16. The van der Waals surface area contributed by atoms with Crippen LogP contribution in [-0.2, 0) is 6.54 Å². The molecule has 5 heteroatoms. The molecule has 1 aromatic carbocycles. The lowest BCUT2D eigenvalue weighted by atomic mass is 10.2. The number of rotatable bonds is 4. The molecule has 2 heterocycles. The first kappa shape index (κ1) is 12.1. The summed E-state index contributed by atoms with van der Waals surface area (Å²) in [7, 11) is 1.92. The monoisotopic (exact) mass is 271 g/mol. The summed E-state index contributed by atoms with van der Waals surface area (Å²) in [5, 5.41) is 6.06. The molecule has 0 saturated heterocycles. The number of benzene rings is 1. The van der Waals surface area contributed by atoms with Crippen molar-refractivity contribution in [3.05, 3.63) is 47.6 Å². The predicted molar refractivity (Wildman–Crippen MR) is 76.7 cm³/mol. The van der Waals surface area contributed by atoms with Crippen LogP contribution in [0.2, 0.25) is 0 Å². The number of nitrogens with zero attached hydrogens (tertiary/aromatic N) is 2. The molecule has 0 fully saturated rings. The van der Waals surface area contributed by atoms with Gasteiger partial charge in [0.15, 0.2) is 0 Å². The van der Waals surface area contributed by atoms with E-state index >= 15 is 0 Å². The molecule has 96 valence electrons. The maximum Gasteiger partial charge on any atom is 0.231 e. The van der Waals surface area contributed by atoms with Crippen molar-refractivity contribution in [3.63, 3.8) is 0 Å². The summed E-state index contributed by atoms with van der Waals surface area (Å²) in [6, 6.07) is 9.96. The maximum absolute atomic E-state index is 5.86. The summed E-state index contributed by atoms with van der Waals surface area (Å²) in [6.45, 7) is 0.814. The SMILES string of the molecule is CNCc1cccc(Oc2ncnc3sccc23)c1. The standard InChI is InChI=1S/C14H13N3OS/c1-15-8-10-3-2-4-11(7-10)18-13-12-5-6-19-14(12)17-9-16-13/h2-7,9,15H,8H2,1H3. The van der Waals surface area contributed by atoms with Gasteiger partial charge in [-0.15, -0.1) is 11.3 Å². The van der Waals surface area contributed by atoms with Crippen molar-refractivity contribution in [2.45, 2.75) is 6.54 Å². The van der Waals surface area contributed by atoms with Crippen LogP contribution >= 0.6 is 11.3 Å². The third kappa shape index (κ3) is 2.57. The van der Waals surface area contributed by atoms with Crippen LogP contribution < -0.4 is 10.1 Å². The molecule has 0 atom stereocenters. The van der Waals surface area contributed by atoms with Crippen molar-refractivity contribution < 1.29 is 4.74 Å².